The van der Waals surface area contributed by atoms with Gasteiger partial charge in [-0.25, -0.2) is 0 Å². The molecule has 116 valence electrons. The van der Waals surface area contributed by atoms with E-state index in [0.29, 0.717) is 30.9 Å². The summed E-state index contributed by atoms with van der Waals surface area (Å²) < 4.78 is 10.0. The molecule has 0 aliphatic heterocycles. The van der Waals surface area contributed by atoms with E-state index in [2.05, 4.69) is 10.1 Å². The molecule has 0 saturated heterocycles. The van der Waals surface area contributed by atoms with Gasteiger partial charge in [-0.05, 0) is 44.5 Å². The number of nitrogens with two attached hydrogens (primary N) is 1. The van der Waals surface area contributed by atoms with E-state index in [9.17, 15) is 9.59 Å². The number of amides is 1. The molecule has 0 aliphatic carbocycles. The van der Waals surface area contributed by atoms with Crippen LogP contribution in [0.4, 0.5) is 5.69 Å². The molecule has 0 fully saturated rings. The first-order chi connectivity index (χ1) is 9.82. The van der Waals surface area contributed by atoms with Crippen LogP contribution in [0.3, 0.4) is 0 Å². The number of esters is 1. The number of methoxy groups -OCH3 is 1. The lowest BCUT2D eigenvalue weighted by Gasteiger charge is -2.17. The van der Waals surface area contributed by atoms with Gasteiger partial charge in [0, 0.05) is 12.1 Å². The molecule has 21 heavy (non-hydrogen) atoms. The predicted molar refractivity (Wildman–Crippen MR) is 80.1 cm³/mol. The van der Waals surface area contributed by atoms with Gasteiger partial charge in [0.05, 0.1) is 19.3 Å². The van der Waals surface area contributed by atoms with E-state index in [4.69, 9.17) is 10.5 Å². The molecule has 0 atom stereocenters. The van der Waals surface area contributed by atoms with Gasteiger partial charge < -0.3 is 20.5 Å². The van der Waals surface area contributed by atoms with Crippen molar-refractivity contribution in [2.45, 2.75) is 32.2 Å². The number of ether oxygens (including phenoxy) is 2. The third kappa shape index (κ3) is 6.27. The standard InChI is InChI=1S/C15H22N2O4/c1-15(2,16)14(19)17-11-6-8-12(9-7-11)21-10-4-5-13(18)20-3/h6-9H,4-5,10,16H2,1-3H3,(H,17,19). The van der Waals surface area contributed by atoms with Crippen molar-refractivity contribution in [2.75, 3.05) is 19.0 Å². The average Bonchev–Trinajstić information content (AvgIpc) is 2.44. The zero-order valence-electron chi connectivity index (χ0n) is 12.6. The number of hydrogen-bond donors (Lipinski definition) is 2. The zero-order valence-corrected chi connectivity index (χ0v) is 12.6. The van der Waals surface area contributed by atoms with Crippen molar-refractivity contribution in [2.24, 2.45) is 5.73 Å². The fourth-order valence-corrected chi connectivity index (χ4v) is 1.44. The molecule has 0 bridgehead atoms. The Balaban J connectivity index is 2.40. The third-order valence-corrected chi connectivity index (χ3v) is 2.72. The maximum atomic E-state index is 11.7. The number of anilines is 1. The van der Waals surface area contributed by atoms with Crippen molar-refractivity contribution in [1.82, 2.24) is 0 Å². The van der Waals surface area contributed by atoms with Crippen LogP contribution >= 0.6 is 0 Å². The SMILES string of the molecule is COC(=O)CCCOc1ccc(NC(=O)C(C)(C)N)cc1. The second-order valence-corrected chi connectivity index (χ2v) is 5.23. The molecule has 0 saturated carbocycles. The van der Waals surface area contributed by atoms with E-state index >= 15 is 0 Å². The summed E-state index contributed by atoms with van der Waals surface area (Å²) >= 11 is 0. The van der Waals surface area contributed by atoms with Crippen LogP contribution in [0, 0.1) is 0 Å². The lowest BCUT2D eigenvalue weighted by Crippen LogP contribution is -2.45. The van der Waals surface area contributed by atoms with Crippen molar-refractivity contribution >= 4 is 17.6 Å². The van der Waals surface area contributed by atoms with Crippen LogP contribution in [0.25, 0.3) is 0 Å². The molecule has 0 aromatic heterocycles. The fraction of sp³-hybridized carbons (Fsp3) is 0.467. The maximum absolute atomic E-state index is 11.7. The Morgan fingerprint density at radius 3 is 2.38 bits per heavy atom. The molecule has 0 heterocycles. The zero-order chi connectivity index (χ0) is 15.9. The van der Waals surface area contributed by atoms with E-state index in [-0.39, 0.29) is 11.9 Å². The Bertz CT molecular complexity index is 477. The molecule has 1 aromatic rings. The number of rotatable bonds is 7. The van der Waals surface area contributed by atoms with E-state index in [1.165, 1.54) is 7.11 Å². The minimum Gasteiger partial charge on any atom is -0.494 e. The third-order valence-electron chi connectivity index (χ3n) is 2.72. The fourth-order valence-electron chi connectivity index (χ4n) is 1.44. The highest BCUT2D eigenvalue weighted by atomic mass is 16.5. The van der Waals surface area contributed by atoms with Gasteiger partial charge in [0.15, 0.2) is 0 Å². The van der Waals surface area contributed by atoms with Crippen LogP contribution in [-0.2, 0) is 14.3 Å². The second-order valence-electron chi connectivity index (χ2n) is 5.23. The summed E-state index contributed by atoms with van der Waals surface area (Å²) in [5.74, 6) is 0.167. The number of carbonyl (C=O) groups is 2. The molecule has 6 nitrogen and oxygen atoms in total. The smallest absolute Gasteiger partial charge is 0.305 e. The van der Waals surface area contributed by atoms with E-state index < -0.39 is 5.54 Å². The van der Waals surface area contributed by atoms with Crippen LogP contribution in [0.5, 0.6) is 5.75 Å². The van der Waals surface area contributed by atoms with Crippen molar-refractivity contribution in [3.8, 4) is 5.75 Å². The van der Waals surface area contributed by atoms with Crippen LogP contribution in [-0.4, -0.2) is 31.1 Å². The van der Waals surface area contributed by atoms with Crippen molar-refractivity contribution in [3.05, 3.63) is 24.3 Å². The van der Waals surface area contributed by atoms with Crippen LogP contribution < -0.4 is 15.8 Å². The molecule has 3 N–H and O–H groups in total. The van der Waals surface area contributed by atoms with Gasteiger partial charge in [0.1, 0.15) is 5.75 Å². The Morgan fingerprint density at radius 1 is 1.24 bits per heavy atom. The minimum atomic E-state index is -0.928. The summed E-state index contributed by atoms with van der Waals surface area (Å²) in [6.45, 7) is 3.71. The monoisotopic (exact) mass is 294 g/mol. The average molecular weight is 294 g/mol. The van der Waals surface area contributed by atoms with Gasteiger partial charge in [-0.1, -0.05) is 0 Å². The first kappa shape index (κ1) is 17.0. The molecule has 6 heteroatoms. The summed E-state index contributed by atoms with van der Waals surface area (Å²) in [6.07, 6.45) is 0.919. The molecule has 0 unspecified atom stereocenters. The van der Waals surface area contributed by atoms with E-state index in [0.717, 1.165) is 0 Å². The highest BCUT2D eigenvalue weighted by Gasteiger charge is 2.21. The quantitative estimate of drug-likeness (QED) is 0.590. The predicted octanol–water partition coefficient (Wildman–Crippen LogP) is 1.69. The summed E-state index contributed by atoms with van der Waals surface area (Å²) in [4.78, 5) is 22.6. The largest absolute Gasteiger partial charge is 0.494 e. The summed E-state index contributed by atoms with van der Waals surface area (Å²) in [5, 5.41) is 2.72. The number of benzene rings is 1. The van der Waals surface area contributed by atoms with Gasteiger partial charge in [-0.3, -0.25) is 9.59 Å². The number of nitrogens with one attached hydrogen (secondary N) is 1. The van der Waals surface area contributed by atoms with Crippen LogP contribution in [0.1, 0.15) is 26.7 Å². The van der Waals surface area contributed by atoms with E-state index in [1.54, 1.807) is 38.1 Å². The Hall–Kier alpha value is -2.08. The summed E-state index contributed by atoms with van der Waals surface area (Å²) in [5.41, 5.74) is 5.42. The molecular formula is C15H22N2O4. The second kappa shape index (κ2) is 7.64. The van der Waals surface area contributed by atoms with Gasteiger partial charge >= 0.3 is 5.97 Å². The Labute approximate surface area is 124 Å². The topological polar surface area (TPSA) is 90.6 Å². The summed E-state index contributed by atoms with van der Waals surface area (Å²) in [7, 11) is 1.36. The maximum Gasteiger partial charge on any atom is 0.305 e. The number of carbonyl (C=O) groups excluding carboxylic acids is 2. The van der Waals surface area contributed by atoms with Gasteiger partial charge in [0.25, 0.3) is 0 Å². The van der Waals surface area contributed by atoms with E-state index in [1.807, 2.05) is 0 Å². The highest BCUT2D eigenvalue weighted by Crippen LogP contribution is 2.17. The molecule has 1 amide bonds. The van der Waals surface area contributed by atoms with Crippen LogP contribution in [0.15, 0.2) is 24.3 Å². The normalized spacial score (nSPS) is 10.9. The molecule has 1 aromatic carbocycles. The van der Waals surface area contributed by atoms with Gasteiger partial charge in [-0.2, -0.15) is 0 Å². The van der Waals surface area contributed by atoms with Crippen molar-refractivity contribution in [3.63, 3.8) is 0 Å². The number of hydrogen-bond acceptors (Lipinski definition) is 5. The van der Waals surface area contributed by atoms with Crippen molar-refractivity contribution < 1.29 is 19.1 Å². The Kier molecular flexibility index (Phi) is 6.17. The van der Waals surface area contributed by atoms with Gasteiger partial charge in [-0.15, -0.1) is 0 Å². The highest BCUT2D eigenvalue weighted by molar-refractivity contribution is 5.97. The lowest BCUT2D eigenvalue weighted by atomic mass is 10.1. The van der Waals surface area contributed by atoms with Crippen molar-refractivity contribution in [1.29, 1.82) is 0 Å². The molecule has 0 spiro atoms. The van der Waals surface area contributed by atoms with Gasteiger partial charge in [0.2, 0.25) is 5.91 Å². The molecule has 1 rings (SSSR count). The first-order valence-corrected chi connectivity index (χ1v) is 6.73. The lowest BCUT2D eigenvalue weighted by molar-refractivity contribution is -0.140. The molecular weight excluding hydrogens is 272 g/mol. The minimum absolute atomic E-state index is 0.249. The molecule has 0 radical (unpaired) electrons. The molecule has 0 aliphatic rings. The Morgan fingerprint density at radius 2 is 1.86 bits per heavy atom. The summed E-state index contributed by atoms with van der Waals surface area (Å²) in [6, 6.07) is 6.97. The first-order valence-electron chi connectivity index (χ1n) is 6.73. The van der Waals surface area contributed by atoms with Crippen LogP contribution in [0.2, 0.25) is 0 Å².